The van der Waals surface area contributed by atoms with E-state index in [0.29, 0.717) is 6.61 Å². The number of nitriles is 1. The van der Waals surface area contributed by atoms with Crippen LogP contribution in [0.5, 0.6) is 5.75 Å². The van der Waals surface area contributed by atoms with Gasteiger partial charge in [-0.05, 0) is 48.7 Å². The second kappa shape index (κ2) is 10.1. The Kier molecular flexibility index (Phi) is 7.02. The smallest absolute Gasteiger partial charge is 0.262 e. The van der Waals surface area contributed by atoms with Crippen LogP contribution in [0.3, 0.4) is 0 Å². The van der Waals surface area contributed by atoms with E-state index in [2.05, 4.69) is 24.4 Å². The van der Waals surface area contributed by atoms with E-state index in [1.54, 1.807) is 6.08 Å². The first-order chi connectivity index (χ1) is 14.5. The summed E-state index contributed by atoms with van der Waals surface area (Å²) < 4.78 is 5.80. The summed E-state index contributed by atoms with van der Waals surface area (Å²) in [5.41, 5.74) is 4.12. The molecule has 30 heavy (non-hydrogen) atoms. The van der Waals surface area contributed by atoms with Crippen LogP contribution in [0.1, 0.15) is 35.2 Å². The fraction of sp³-hybridized carbons (Fsp3) is 0.154. The van der Waals surface area contributed by atoms with Crippen molar-refractivity contribution in [3.63, 3.8) is 0 Å². The quantitative estimate of drug-likeness (QED) is 0.432. The van der Waals surface area contributed by atoms with Gasteiger partial charge in [-0.25, -0.2) is 0 Å². The zero-order valence-corrected chi connectivity index (χ0v) is 17.1. The van der Waals surface area contributed by atoms with E-state index in [0.717, 1.165) is 22.4 Å². The van der Waals surface area contributed by atoms with Crippen LogP contribution in [0.4, 0.5) is 0 Å². The predicted octanol–water partition coefficient (Wildman–Crippen LogP) is 5.36. The SMILES string of the molecule is Cc1ccc(COc2ccc(/C=C(/C#N)C(=O)N[C@@H](C)c3ccccc3)cc2)cc1. The van der Waals surface area contributed by atoms with Crippen LogP contribution >= 0.6 is 0 Å². The highest BCUT2D eigenvalue weighted by Crippen LogP contribution is 2.17. The van der Waals surface area contributed by atoms with Crippen molar-refractivity contribution in [2.75, 3.05) is 0 Å². The molecule has 0 bridgehead atoms. The molecular weight excluding hydrogens is 372 g/mol. The molecule has 0 fully saturated rings. The summed E-state index contributed by atoms with van der Waals surface area (Å²) in [6.45, 7) is 4.43. The minimum atomic E-state index is -0.395. The predicted molar refractivity (Wildman–Crippen MR) is 119 cm³/mol. The molecule has 3 rings (SSSR count). The molecule has 4 nitrogen and oxygen atoms in total. The summed E-state index contributed by atoms with van der Waals surface area (Å²) in [6, 6.07) is 27.0. The monoisotopic (exact) mass is 396 g/mol. The van der Waals surface area contributed by atoms with Crippen LogP contribution in [-0.2, 0) is 11.4 Å². The van der Waals surface area contributed by atoms with Gasteiger partial charge in [0.2, 0.25) is 0 Å². The van der Waals surface area contributed by atoms with Gasteiger partial charge in [0.1, 0.15) is 24.0 Å². The fourth-order valence-corrected chi connectivity index (χ4v) is 2.93. The van der Waals surface area contributed by atoms with Crippen molar-refractivity contribution in [1.82, 2.24) is 5.32 Å². The first-order valence-corrected chi connectivity index (χ1v) is 9.81. The molecule has 0 unspecified atom stereocenters. The van der Waals surface area contributed by atoms with Gasteiger partial charge in [-0.15, -0.1) is 0 Å². The number of nitrogens with one attached hydrogen (secondary N) is 1. The van der Waals surface area contributed by atoms with Crippen LogP contribution < -0.4 is 10.1 Å². The number of nitrogens with zero attached hydrogens (tertiary/aromatic N) is 1. The molecule has 3 aromatic rings. The van der Waals surface area contributed by atoms with Crippen molar-refractivity contribution in [3.05, 3.63) is 107 Å². The molecule has 0 spiro atoms. The highest BCUT2D eigenvalue weighted by Gasteiger charge is 2.13. The van der Waals surface area contributed by atoms with Crippen LogP contribution in [0.15, 0.2) is 84.4 Å². The van der Waals surface area contributed by atoms with Gasteiger partial charge in [0.15, 0.2) is 0 Å². The number of carbonyl (C=O) groups excluding carboxylic acids is 1. The van der Waals surface area contributed by atoms with Crippen molar-refractivity contribution < 1.29 is 9.53 Å². The highest BCUT2D eigenvalue weighted by atomic mass is 16.5. The minimum absolute atomic E-state index is 0.0612. The Morgan fingerprint density at radius 1 is 1.03 bits per heavy atom. The molecule has 1 atom stereocenters. The van der Waals surface area contributed by atoms with E-state index >= 15 is 0 Å². The molecular formula is C26H24N2O2. The van der Waals surface area contributed by atoms with Crippen molar-refractivity contribution in [2.24, 2.45) is 0 Å². The zero-order valence-electron chi connectivity index (χ0n) is 17.1. The number of aryl methyl sites for hydroxylation is 1. The van der Waals surface area contributed by atoms with Gasteiger partial charge in [0.05, 0.1) is 6.04 Å². The van der Waals surface area contributed by atoms with Crippen LogP contribution in [0, 0.1) is 18.3 Å². The number of carbonyl (C=O) groups is 1. The maximum Gasteiger partial charge on any atom is 0.262 e. The Hall–Kier alpha value is -3.84. The number of benzene rings is 3. The van der Waals surface area contributed by atoms with E-state index in [9.17, 15) is 10.1 Å². The van der Waals surface area contributed by atoms with E-state index in [1.165, 1.54) is 5.56 Å². The lowest BCUT2D eigenvalue weighted by Crippen LogP contribution is -2.27. The average molecular weight is 396 g/mol. The number of ether oxygens (including phenoxy) is 1. The third-order valence-corrected chi connectivity index (χ3v) is 4.73. The van der Waals surface area contributed by atoms with Crippen LogP contribution in [0.2, 0.25) is 0 Å². The number of rotatable bonds is 7. The molecule has 0 aliphatic carbocycles. The molecule has 0 saturated heterocycles. The van der Waals surface area contributed by atoms with Crippen molar-refractivity contribution >= 4 is 12.0 Å². The summed E-state index contributed by atoms with van der Waals surface area (Å²) >= 11 is 0. The van der Waals surface area contributed by atoms with Crippen molar-refractivity contribution in [2.45, 2.75) is 26.5 Å². The lowest BCUT2D eigenvalue weighted by Gasteiger charge is -2.13. The summed E-state index contributed by atoms with van der Waals surface area (Å²) in [7, 11) is 0. The summed E-state index contributed by atoms with van der Waals surface area (Å²) in [6.07, 6.45) is 1.58. The van der Waals surface area contributed by atoms with Gasteiger partial charge in [-0.2, -0.15) is 5.26 Å². The second-order valence-corrected chi connectivity index (χ2v) is 7.12. The largest absolute Gasteiger partial charge is 0.489 e. The average Bonchev–Trinajstić information content (AvgIpc) is 2.78. The summed E-state index contributed by atoms with van der Waals surface area (Å²) in [5, 5.41) is 12.3. The number of amides is 1. The maximum absolute atomic E-state index is 12.5. The van der Waals surface area contributed by atoms with Gasteiger partial charge >= 0.3 is 0 Å². The van der Waals surface area contributed by atoms with E-state index in [-0.39, 0.29) is 11.6 Å². The Morgan fingerprint density at radius 3 is 2.33 bits per heavy atom. The van der Waals surface area contributed by atoms with E-state index in [1.807, 2.05) is 79.7 Å². The molecule has 0 aliphatic heterocycles. The Morgan fingerprint density at radius 2 is 1.70 bits per heavy atom. The molecule has 0 aromatic heterocycles. The van der Waals surface area contributed by atoms with Crippen LogP contribution in [-0.4, -0.2) is 5.91 Å². The molecule has 4 heteroatoms. The standard InChI is InChI=1S/C26H24N2O2/c1-19-8-10-22(11-9-19)18-30-25-14-12-21(13-15-25)16-24(17-27)26(29)28-20(2)23-6-4-3-5-7-23/h3-16,20H,18H2,1-2H3,(H,28,29)/b24-16-/t20-/m0/s1. The molecule has 1 N–H and O–H groups in total. The molecule has 0 aliphatic rings. The summed E-state index contributed by atoms with van der Waals surface area (Å²) in [4.78, 5) is 12.5. The summed E-state index contributed by atoms with van der Waals surface area (Å²) in [5.74, 6) is 0.335. The van der Waals surface area contributed by atoms with Gasteiger partial charge in [0.25, 0.3) is 5.91 Å². The molecule has 3 aromatic carbocycles. The first kappa shape index (κ1) is 20.9. The molecule has 0 saturated carbocycles. The zero-order chi connectivity index (χ0) is 21.3. The molecule has 0 heterocycles. The third kappa shape index (κ3) is 5.83. The topological polar surface area (TPSA) is 62.1 Å². The lowest BCUT2D eigenvalue weighted by molar-refractivity contribution is -0.117. The highest BCUT2D eigenvalue weighted by molar-refractivity contribution is 6.01. The minimum Gasteiger partial charge on any atom is -0.489 e. The Labute approximate surface area is 177 Å². The normalized spacial score (nSPS) is 12.0. The number of hydrogen-bond acceptors (Lipinski definition) is 3. The second-order valence-electron chi connectivity index (χ2n) is 7.12. The van der Waals surface area contributed by atoms with Gasteiger partial charge < -0.3 is 10.1 Å². The third-order valence-electron chi connectivity index (χ3n) is 4.73. The maximum atomic E-state index is 12.5. The van der Waals surface area contributed by atoms with Gasteiger partial charge in [-0.3, -0.25) is 4.79 Å². The van der Waals surface area contributed by atoms with E-state index < -0.39 is 5.91 Å². The fourth-order valence-electron chi connectivity index (χ4n) is 2.93. The number of hydrogen-bond donors (Lipinski definition) is 1. The van der Waals surface area contributed by atoms with E-state index in [4.69, 9.17) is 4.74 Å². The van der Waals surface area contributed by atoms with Crippen molar-refractivity contribution in [1.29, 1.82) is 5.26 Å². The lowest BCUT2D eigenvalue weighted by atomic mass is 10.1. The Bertz CT molecular complexity index is 1050. The Balaban J connectivity index is 1.61. The van der Waals surface area contributed by atoms with Crippen molar-refractivity contribution in [3.8, 4) is 11.8 Å². The molecule has 0 radical (unpaired) electrons. The molecule has 150 valence electrons. The van der Waals surface area contributed by atoms with Crippen LogP contribution in [0.25, 0.3) is 6.08 Å². The van der Waals surface area contributed by atoms with Gasteiger partial charge in [0, 0.05) is 0 Å². The first-order valence-electron chi connectivity index (χ1n) is 9.81. The molecule has 1 amide bonds. The van der Waals surface area contributed by atoms with Gasteiger partial charge in [-0.1, -0.05) is 72.3 Å².